The lowest BCUT2D eigenvalue weighted by atomic mass is 9.88. The van der Waals surface area contributed by atoms with Crippen LogP contribution in [0.5, 0.6) is 0 Å². The number of hydrogen-bond donors (Lipinski definition) is 0. The molecule has 13 rings (SSSR count). The Kier molecular flexibility index (Phi) is 12.2. The largest absolute Gasteiger partial charge is 0.456 e. The first-order chi connectivity index (χ1) is 37.1. The molecule has 13 aromatic rings. The van der Waals surface area contributed by atoms with Crippen molar-refractivity contribution >= 4 is 32.7 Å². The van der Waals surface area contributed by atoms with Crippen LogP contribution < -0.4 is 0 Å². The first-order valence-corrected chi connectivity index (χ1v) is 25.9. The zero-order chi connectivity index (χ0) is 49.9. The van der Waals surface area contributed by atoms with Crippen molar-refractivity contribution in [3.63, 3.8) is 0 Å². The highest BCUT2D eigenvalue weighted by atomic mass is 16.3. The topological polar surface area (TPSA) is 51.8 Å². The van der Waals surface area contributed by atoms with Crippen molar-refractivity contribution in [2.24, 2.45) is 0 Å². The van der Waals surface area contributed by atoms with Gasteiger partial charge in [0.2, 0.25) is 0 Å². The number of furan rings is 1. The third kappa shape index (κ3) is 9.42. The van der Waals surface area contributed by atoms with E-state index in [1.54, 1.807) is 0 Å². The Labute approximate surface area is 437 Å². The first kappa shape index (κ1) is 45.4. The molecule has 0 saturated heterocycles. The minimum Gasteiger partial charge on any atom is -0.456 e. The van der Waals surface area contributed by atoms with Crippen LogP contribution >= 0.6 is 0 Å². The van der Waals surface area contributed by atoms with Crippen LogP contribution in [0.1, 0.15) is 22.3 Å². The zero-order valence-electron chi connectivity index (χ0n) is 41.4. The van der Waals surface area contributed by atoms with Crippen molar-refractivity contribution in [3.8, 4) is 78.3 Å². The average molecular weight is 962 g/mol. The van der Waals surface area contributed by atoms with Gasteiger partial charge in [0.05, 0.1) is 17.1 Å². The molecule has 0 fully saturated rings. The SMILES string of the molecule is c1ccc(-c2ccc3c(-c4cccc(-c5ccc6c(c5)oc5ccccc56)c4)ncc(-c4ccccc4-c4cc(CCc5ccc(-c6ccccc6)nc5)cc(CCc5ccc(-c6ccccc6)nc5)c4)c3c2)cc1. The molecule has 4 heteroatoms. The highest BCUT2D eigenvalue weighted by molar-refractivity contribution is 6.08. The quantitative estimate of drug-likeness (QED) is 0.116. The summed E-state index contributed by atoms with van der Waals surface area (Å²) in [4.78, 5) is 15.1. The summed E-state index contributed by atoms with van der Waals surface area (Å²) >= 11 is 0. The number of aromatic nitrogens is 3. The van der Waals surface area contributed by atoms with Crippen LogP contribution in [-0.4, -0.2) is 15.0 Å². The molecule has 0 aliphatic rings. The van der Waals surface area contributed by atoms with Gasteiger partial charge in [0, 0.05) is 57.0 Å². The summed E-state index contributed by atoms with van der Waals surface area (Å²) in [6.45, 7) is 0. The monoisotopic (exact) mass is 961 g/mol. The van der Waals surface area contributed by atoms with Gasteiger partial charge in [0.25, 0.3) is 0 Å². The van der Waals surface area contributed by atoms with E-state index < -0.39 is 0 Å². The lowest BCUT2D eigenvalue weighted by molar-refractivity contribution is 0.669. The number of rotatable bonds is 13. The summed E-state index contributed by atoms with van der Waals surface area (Å²) in [5.41, 5.74) is 22.2. The number of benzene rings is 9. The maximum atomic E-state index is 6.32. The number of para-hydroxylation sites is 1. The molecule has 0 atom stereocenters. The van der Waals surface area contributed by atoms with Crippen molar-refractivity contribution in [2.45, 2.75) is 25.7 Å². The molecule has 0 aliphatic heterocycles. The summed E-state index contributed by atoms with van der Waals surface area (Å²) in [5.74, 6) is 0. The van der Waals surface area contributed by atoms with Gasteiger partial charge in [-0.15, -0.1) is 0 Å². The molecule has 0 saturated carbocycles. The predicted molar refractivity (Wildman–Crippen MR) is 310 cm³/mol. The standard InChI is InChI=1S/C71H51N3O/c1-4-15-52(16-5-1)56-34-36-64-65(43-56)66(47-74-71(64)58-22-14-21-55(42-58)57-33-35-63-62-25-12-13-26-69(62)75-70(63)44-57)61-24-11-10-23-60(61)59-40-50(29-27-48-31-37-67(72-45-48)53-17-6-2-7-18-53)39-51(41-59)30-28-49-32-38-68(73-46-49)54-19-8-3-9-20-54/h1-26,31-47H,27-30H2. The number of hydrogen-bond acceptors (Lipinski definition) is 4. The fraction of sp³-hybridized carbons (Fsp3) is 0.0563. The molecule has 4 heterocycles. The number of nitrogens with zero attached hydrogens (tertiary/aromatic N) is 3. The van der Waals surface area contributed by atoms with E-state index in [-0.39, 0.29) is 0 Å². The van der Waals surface area contributed by atoms with E-state index in [9.17, 15) is 0 Å². The molecule has 4 aromatic heterocycles. The molecule has 4 nitrogen and oxygen atoms in total. The Morgan fingerprint density at radius 1 is 0.253 bits per heavy atom. The predicted octanol–water partition coefficient (Wildman–Crippen LogP) is 18.2. The van der Waals surface area contributed by atoms with Gasteiger partial charge in [0.1, 0.15) is 11.2 Å². The van der Waals surface area contributed by atoms with E-state index in [0.717, 1.165) is 120 Å². The Morgan fingerprint density at radius 2 is 0.773 bits per heavy atom. The molecule has 0 radical (unpaired) electrons. The zero-order valence-corrected chi connectivity index (χ0v) is 41.4. The molecular weight excluding hydrogens is 911 g/mol. The molecular formula is C71H51N3O. The second-order valence-corrected chi connectivity index (χ2v) is 19.5. The van der Waals surface area contributed by atoms with Gasteiger partial charge in [-0.3, -0.25) is 15.0 Å². The minimum atomic E-state index is 0.880. The number of pyridine rings is 3. The minimum absolute atomic E-state index is 0.880. The van der Waals surface area contributed by atoms with Crippen LogP contribution in [0.3, 0.4) is 0 Å². The van der Waals surface area contributed by atoms with Crippen LogP contribution in [0, 0.1) is 0 Å². The molecule has 356 valence electrons. The van der Waals surface area contributed by atoms with Crippen LogP contribution in [0.15, 0.2) is 266 Å². The summed E-state index contributed by atoms with van der Waals surface area (Å²) in [6.07, 6.45) is 9.70. The first-order valence-electron chi connectivity index (χ1n) is 25.9. The third-order valence-corrected chi connectivity index (χ3v) is 14.6. The lowest BCUT2D eigenvalue weighted by Crippen LogP contribution is -1.99. The van der Waals surface area contributed by atoms with Gasteiger partial charge in [0.15, 0.2) is 0 Å². The van der Waals surface area contributed by atoms with E-state index in [1.807, 2.05) is 36.7 Å². The molecule has 0 aliphatic carbocycles. The molecule has 9 aromatic carbocycles. The van der Waals surface area contributed by atoms with Crippen LogP contribution in [-0.2, 0) is 25.7 Å². The van der Waals surface area contributed by atoms with Gasteiger partial charge < -0.3 is 4.42 Å². The maximum Gasteiger partial charge on any atom is 0.136 e. The average Bonchev–Trinajstić information content (AvgIpc) is 3.87. The number of fused-ring (bicyclic) bond motifs is 4. The summed E-state index contributed by atoms with van der Waals surface area (Å²) < 4.78 is 6.32. The Balaban J connectivity index is 0.882. The van der Waals surface area contributed by atoms with Gasteiger partial charge in [-0.1, -0.05) is 200 Å². The fourth-order valence-corrected chi connectivity index (χ4v) is 10.7. The van der Waals surface area contributed by atoms with Gasteiger partial charge in [-0.25, -0.2) is 0 Å². The van der Waals surface area contributed by atoms with Crippen LogP contribution in [0.25, 0.3) is 111 Å². The summed E-state index contributed by atoms with van der Waals surface area (Å²) in [5, 5.41) is 4.50. The third-order valence-electron chi connectivity index (χ3n) is 14.6. The Bertz CT molecular complexity index is 4040. The van der Waals surface area contributed by atoms with E-state index in [2.05, 4.69) is 225 Å². The molecule has 0 N–H and O–H groups in total. The van der Waals surface area contributed by atoms with E-state index in [0.29, 0.717) is 0 Å². The fourth-order valence-electron chi connectivity index (χ4n) is 10.7. The highest BCUT2D eigenvalue weighted by Gasteiger charge is 2.18. The smallest absolute Gasteiger partial charge is 0.136 e. The van der Waals surface area contributed by atoms with Gasteiger partial charge >= 0.3 is 0 Å². The molecule has 0 unspecified atom stereocenters. The summed E-state index contributed by atoms with van der Waals surface area (Å²) in [7, 11) is 0. The molecule has 0 amide bonds. The second kappa shape index (κ2) is 20.2. The summed E-state index contributed by atoms with van der Waals surface area (Å²) in [6, 6.07) is 86.7. The second-order valence-electron chi connectivity index (χ2n) is 19.5. The van der Waals surface area contributed by atoms with Crippen molar-refractivity contribution < 1.29 is 4.42 Å². The van der Waals surface area contributed by atoms with E-state index >= 15 is 0 Å². The van der Waals surface area contributed by atoms with Crippen molar-refractivity contribution in [2.75, 3.05) is 0 Å². The lowest BCUT2D eigenvalue weighted by Gasteiger charge is -2.17. The molecule has 0 bridgehead atoms. The normalized spacial score (nSPS) is 11.4. The van der Waals surface area contributed by atoms with Gasteiger partial charge in [-0.05, 0) is 135 Å². The van der Waals surface area contributed by atoms with E-state index in [4.69, 9.17) is 19.4 Å². The van der Waals surface area contributed by atoms with Crippen molar-refractivity contribution in [3.05, 3.63) is 283 Å². The molecule has 75 heavy (non-hydrogen) atoms. The Morgan fingerprint density at radius 3 is 1.43 bits per heavy atom. The van der Waals surface area contributed by atoms with Crippen LogP contribution in [0.4, 0.5) is 0 Å². The number of aryl methyl sites for hydroxylation is 4. The van der Waals surface area contributed by atoms with Crippen LogP contribution in [0.2, 0.25) is 0 Å². The van der Waals surface area contributed by atoms with Gasteiger partial charge in [-0.2, -0.15) is 0 Å². The van der Waals surface area contributed by atoms with Crippen molar-refractivity contribution in [1.82, 2.24) is 15.0 Å². The van der Waals surface area contributed by atoms with Crippen molar-refractivity contribution in [1.29, 1.82) is 0 Å². The highest BCUT2D eigenvalue weighted by Crippen LogP contribution is 2.42. The van der Waals surface area contributed by atoms with E-state index in [1.165, 1.54) is 38.9 Å². The molecule has 0 spiro atoms. The maximum absolute atomic E-state index is 6.32. The Hall–Kier alpha value is -9.51.